The van der Waals surface area contributed by atoms with Crippen LogP contribution in [0.15, 0.2) is 86.5 Å². The molecule has 1 aliphatic heterocycles. The smallest absolute Gasteiger partial charge is 0.337 e. The minimum atomic E-state index is -0.703. The zero-order chi connectivity index (χ0) is 22.4. The summed E-state index contributed by atoms with van der Waals surface area (Å²) < 4.78 is 11.6. The Hall–Kier alpha value is -3.71. The van der Waals surface area contributed by atoms with Crippen LogP contribution >= 0.6 is 15.9 Å². The third-order valence-corrected chi connectivity index (χ3v) is 6.06. The van der Waals surface area contributed by atoms with Gasteiger partial charge in [-0.25, -0.2) is 4.79 Å². The van der Waals surface area contributed by atoms with Crippen molar-refractivity contribution in [2.45, 2.75) is 6.04 Å². The highest BCUT2D eigenvalue weighted by Crippen LogP contribution is 2.41. The largest absolute Gasteiger partial charge is 0.465 e. The molecule has 5 rings (SSSR count). The number of hydrogen-bond acceptors (Lipinski definition) is 5. The van der Waals surface area contributed by atoms with E-state index in [4.69, 9.17) is 9.15 Å². The van der Waals surface area contributed by atoms with Crippen LogP contribution in [0.25, 0.3) is 11.0 Å². The molecule has 2 heterocycles. The average Bonchev–Trinajstić information content (AvgIpc) is 3.12. The number of halogens is 1. The Kier molecular flexibility index (Phi) is 4.90. The fourth-order valence-electron chi connectivity index (χ4n) is 4.02. The number of rotatable bonds is 3. The Morgan fingerprint density at radius 3 is 2.34 bits per heavy atom. The van der Waals surface area contributed by atoms with Crippen LogP contribution in [0.4, 0.5) is 5.69 Å². The number of ether oxygens (including phenoxy) is 1. The molecule has 1 amide bonds. The predicted octanol–water partition coefficient (Wildman–Crippen LogP) is 5.09. The molecule has 4 aromatic rings. The molecular formula is C25H16BrNO5. The first-order valence-corrected chi connectivity index (χ1v) is 10.6. The van der Waals surface area contributed by atoms with Crippen molar-refractivity contribution in [1.29, 1.82) is 0 Å². The highest BCUT2D eigenvalue weighted by Gasteiger charge is 2.43. The average molecular weight is 490 g/mol. The topological polar surface area (TPSA) is 76.8 Å². The monoisotopic (exact) mass is 489 g/mol. The molecule has 0 N–H and O–H groups in total. The van der Waals surface area contributed by atoms with Crippen molar-refractivity contribution in [3.63, 3.8) is 0 Å². The van der Waals surface area contributed by atoms with E-state index in [2.05, 4.69) is 15.9 Å². The van der Waals surface area contributed by atoms with Gasteiger partial charge in [-0.2, -0.15) is 0 Å². The SMILES string of the molecule is COC(=O)c1ccc(C2c3c(oc4ccccc4c3=O)C(=O)N2c2ccc(Br)cc2)cc1. The van der Waals surface area contributed by atoms with Crippen molar-refractivity contribution < 1.29 is 18.7 Å². The van der Waals surface area contributed by atoms with Gasteiger partial charge in [0.15, 0.2) is 5.43 Å². The second kappa shape index (κ2) is 7.76. The molecule has 0 saturated heterocycles. The molecule has 0 spiro atoms. The van der Waals surface area contributed by atoms with Crippen molar-refractivity contribution in [3.8, 4) is 0 Å². The molecule has 0 bridgehead atoms. The maximum Gasteiger partial charge on any atom is 0.337 e. The van der Waals surface area contributed by atoms with E-state index in [1.807, 2.05) is 12.1 Å². The van der Waals surface area contributed by atoms with E-state index in [0.29, 0.717) is 27.8 Å². The maximum atomic E-state index is 13.5. The zero-order valence-electron chi connectivity index (χ0n) is 16.9. The summed E-state index contributed by atoms with van der Waals surface area (Å²) in [6, 6.07) is 20.1. The molecular weight excluding hydrogens is 474 g/mol. The summed E-state index contributed by atoms with van der Waals surface area (Å²) >= 11 is 3.41. The molecule has 1 aromatic heterocycles. The van der Waals surface area contributed by atoms with Crippen LogP contribution in [0, 0.1) is 0 Å². The number of anilines is 1. The number of carbonyl (C=O) groups is 2. The summed E-state index contributed by atoms with van der Waals surface area (Å²) in [5.74, 6) is -0.833. The number of nitrogens with zero attached hydrogens (tertiary/aromatic N) is 1. The van der Waals surface area contributed by atoms with Crippen molar-refractivity contribution >= 4 is 44.5 Å². The maximum absolute atomic E-state index is 13.5. The summed E-state index contributed by atoms with van der Waals surface area (Å²) in [6.45, 7) is 0. The minimum Gasteiger partial charge on any atom is -0.465 e. The number of amides is 1. The van der Waals surface area contributed by atoms with Gasteiger partial charge in [-0.15, -0.1) is 0 Å². The van der Waals surface area contributed by atoms with Gasteiger partial charge in [-0.3, -0.25) is 14.5 Å². The van der Waals surface area contributed by atoms with E-state index in [1.165, 1.54) is 7.11 Å². The lowest BCUT2D eigenvalue weighted by Gasteiger charge is -2.25. The second-order valence-corrected chi connectivity index (χ2v) is 8.25. The highest BCUT2D eigenvalue weighted by molar-refractivity contribution is 9.10. The van der Waals surface area contributed by atoms with Crippen LogP contribution in [0.2, 0.25) is 0 Å². The van der Waals surface area contributed by atoms with Gasteiger partial charge in [0.2, 0.25) is 5.76 Å². The van der Waals surface area contributed by atoms with Crippen LogP contribution in [-0.4, -0.2) is 19.0 Å². The molecule has 1 aliphatic rings. The lowest BCUT2D eigenvalue weighted by atomic mass is 9.97. The van der Waals surface area contributed by atoms with Gasteiger partial charge in [0.25, 0.3) is 5.91 Å². The second-order valence-electron chi connectivity index (χ2n) is 7.34. The molecule has 7 heteroatoms. The van der Waals surface area contributed by atoms with Gasteiger partial charge >= 0.3 is 5.97 Å². The molecule has 0 aliphatic carbocycles. The fraction of sp³-hybridized carbons (Fsp3) is 0.0800. The zero-order valence-corrected chi connectivity index (χ0v) is 18.5. The summed E-state index contributed by atoms with van der Waals surface area (Å²) in [5, 5.41) is 0.410. The van der Waals surface area contributed by atoms with E-state index in [9.17, 15) is 14.4 Å². The molecule has 1 unspecified atom stereocenters. The molecule has 0 radical (unpaired) electrons. The quantitative estimate of drug-likeness (QED) is 0.374. The first kappa shape index (κ1) is 20.2. The third kappa shape index (κ3) is 3.13. The van der Waals surface area contributed by atoms with Crippen LogP contribution in [0.1, 0.15) is 38.1 Å². The van der Waals surface area contributed by atoms with E-state index in [0.717, 1.165) is 4.47 Å². The summed E-state index contributed by atoms with van der Waals surface area (Å²) in [4.78, 5) is 40.4. The van der Waals surface area contributed by atoms with Gasteiger partial charge < -0.3 is 9.15 Å². The molecule has 0 fully saturated rings. The van der Waals surface area contributed by atoms with Crippen molar-refractivity contribution in [3.05, 3.63) is 110 Å². The Labute approximate surface area is 191 Å². The number of esters is 1. The van der Waals surface area contributed by atoms with Crippen molar-refractivity contribution in [1.82, 2.24) is 0 Å². The molecule has 6 nitrogen and oxygen atoms in total. The van der Waals surface area contributed by atoms with Gasteiger partial charge in [0.05, 0.1) is 29.7 Å². The first-order valence-electron chi connectivity index (χ1n) is 9.82. The van der Waals surface area contributed by atoms with Crippen LogP contribution in [0.3, 0.4) is 0 Å². The van der Waals surface area contributed by atoms with E-state index in [-0.39, 0.29) is 16.8 Å². The Balaban J connectivity index is 1.75. The fourth-order valence-corrected chi connectivity index (χ4v) is 4.29. The van der Waals surface area contributed by atoms with Gasteiger partial charge in [-0.1, -0.05) is 40.2 Å². The molecule has 0 saturated carbocycles. The standard InChI is InChI=1S/C25H16BrNO5/c1-31-25(30)15-8-6-14(7-9-15)21-20-22(28)18-4-2-3-5-19(18)32-23(20)24(29)27(21)17-12-10-16(26)11-13-17/h2-13,21H,1H3. The summed E-state index contributed by atoms with van der Waals surface area (Å²) in [6.07, 6.45) is 0. The third-order valence-electron chi connectivity index (χ3n) is 5.53. The number of methoxy groups -OCH3 is 1. The number of benzene rings is 3. The van der Waals surface area contributed by atoms with Crippen molar-refractivity contribution in [2.75, 3.05) is 12.0 Å². The molecule has 1 atom stereocenters. The lowest BCUT2D eigenvalue weighted by molar-refractivity contribution is 0.0600. The number of hydrogen-bond donors (Lipinski definition) is 0. The molecule has 32 heavy (non-hydrogen) atoms. The number of fused-ring (bicyclic) bond motifs is 2. The summed E-state index contributed by atoms with van der Waals surface area (Å²) in [5.41, 5.74) is 2.06. The van der Waals surface area contributed by atoms with Gasteiger partial charge in [0.1, 0.15) is 5.58 Å². The van der Waals surface area contributed by atoms with Crippen LogP contribution in [0.5, 0.6) is 0 Å². The molecule has 3 aromatic carbocycles. The predicted molar refractivity (Wildman–Crippen MR) is 123 cm³/mol. The van der Waals surface area contributed by atoms with Crippen LogP contribution < -0.4 is 10.3 Å². The molecule has 158 valence electrons. The first-order chi connectivity index (χ1) is 15.5. The van der Waals surface area contributed by atoms with E-state index in [1.54, 1.807) is 65.6 Å². The minimum absolute atomic E-state index is 0.0265. The van der Waals surface area contributed by atoms with Crippen LogP contribution in [-0.2, 0) is 4.74 Å². The van der Waals surface area contributed by atoms with Gasteiger partial charge in [-0.05, 0) is 54.1 Å². The lowest BCUT2D eigenvalue weighted by Crippen LogP contribution is -2.29. The van der Waals surface area contributed by atoms with E-state index < -0.39 is 17.9 Å². The highest BCUT2D eigenvalue weighted by atomic mass is 79.9. The summed E-state index contributed by atoms with van der Waals surface area (Å²) in [7, 11) is 1.31. The Morgan fingerprint density at radius 2 is 1.66 bits per heavy atom. The Bertz CT molecular complexity index is 1420. The number of para-hydroxylation sites is 1. The normalized spacial score (nSPS) is 15.1. The van der Waals surface area contributed by atoms with Crippen molar-refractivity contribution in [2.24, 2.45) is 0 Å². The number of carbonyl (C=O) groups excluding carboxylic acids is 2. The van der Waals surface area contributed by atoms with E-state index >= 15 is 0 Å². The van der Waals surface area contributed by atoms with Gasteiger partial charge in [0, 0.05) is 10.2 Å². The Morgan fingerprint density at radius 1 is 0.969 bits per heavy atom.